The smallest absolute Gasteiger partial charge is 0.341 e. The summed E-state index contributed by atoms with van der Waals surface area (Å²) in [5.74, 6) is -3.61. The number of rotatable bonds is 10. The molecule has 14 heteroatoms. The van der Waals surface area contributed by atoms with Crippen LogP contribution in [0.2, 0.25) is 0 Å². The van der Waals surface area contributed by atoms with Gasteiger partial charge in [0.1, 0.15) is 0 Å². The number of hydrogen-bond donors (Lipinski definition) is 2. The van der Waals surface area contributed by atoms with Crippen molar-refractivity contribution in [2.75, 3.05) is 41.4 Å². The van der Waals surface area contributed by atoms with E-state index < -0.39 is 46.6 Å². The van der Waals surface area contributed by atoms with E-state index in [1.807, 2.05) is 13.8 Å². The quantitative estimate of drug-likeness (QED) is 0.208. The van der Waals surface area contributed by atoms with E-state index in [0.717, 1.165) is 16.9 Å². The number of amides is 4. The minimum absolute atomic E-state index is 0.122. The van der Waals surface area contributed by atoms with E-state index in [1.54, 1.807) is 62.4 Å². The lowest BCUT2D eigenvalue weighted by atomic mass is 9.98. The van der Waals surface area contributed by atoms with E-state index in [0.29, 0.717) is 11.1 Å². The lowest BCUT2D eigenvalue weighted by Gasteiger charge is -2.34. The molecular weight excluding hydrogens is 822 g/mol. The van der Waals surface area contributed by atoms with Crippen molar-refractivity contribution in [2.24, 2.45) is 0 Å². The van der Waals surface area contributed by atoms with Crippen LogP contribution in [0.5, 0.6) is 0 Å². The molecule has 2 N–H and O–H groups in total. The van der Waals surface area contributed by atoms with Crippen LogP contribution >= 0.6 is 45.2 Å². The summed E-state index contributed by atoms with van der Waals surface area (Å²) in [7, 11) is 5.63. The molecule has 1 unspecified atom stereocenters. The predicted octanol–water partition coefficient (Wildman–Crippen LogP) is 3.89. The Kier molecular flexibility index (Phi) is 18.6. The van der Waals surface area contributed by atoms with Gasteiger partial charge in [-0.1, -0.05) is 13.8 Å². The van der Waals surface area contributed by atoms with Crippen molar-refractivity contribution in [3.63, 3.8) is 0 Å². The maximum absolute atomic E-state index is 12.6. The number of halogens is 2. The van der Waals surface area contributed by atoms with Crippen LogP contribution in [0.3, 0.4) is 0 Å². The van der Waals surface area contributed by atoms with Crippen LogP contribution in [-0.4, -0.2) is 97.8 Å². The second-order valence-corrected chi connectivity index (χ2v) is 12.0. The van der Waals surface area contributed by atoms with E-state index in [9.17, 15) is 28.8 Å². The molecule has 0 saturated carbocycles. The van der Waals surface area contributed by atoms with E-state index in [4.69, 9.17) is 9.47 Å². The predicted molar refractivity (Wildman–Crippen MR) is 192 cm³/mol. The Morgan fingerprint density at radius 3 is 1.11 bits per heavy atom. The van der Waals surface area contributed by atoms with Crippen molar-refractivity contribution in [1.82, 2.24) is 20.4 Å². The molecule has 0 spiro atoms. The Bertz CT molecular complexity index is 1250. The zero-order valence-corrected chi connectivity index (χ0v) is 32.3. The zero-order chi connectivity index (χ0) is 35.8. The van der Waals surface area contributed by atoms with Crippen molar-refractivity contribution in [1.29, 1.82) is 0 Å². The molecule has 254 valence electrons. The third kappa shape index (κ3) is 10.4. The Morgan fingerprint density at radius 1 is 0.630 bits per heavy atom. The Balaban J connectivity index is 0.000000835. The summed E-state index contributed by atoms with van der Waals surface area (Å²) >= 11 is 4.26. The standard InChI is InChI=1S/2C15H19IN2O4.C2H6/c2*1-5-22-14(21)15(2,13(20)17-3)18(4)12(19)10-6-8-11(16)9-7-10;1-2/h2*6-9H,5H2,1-4H3,(H,17,20);1-2H3/t15-;;/m0../s1. The van der Waals surface area contributed by atoms with Gasteiger partial charge in [-0.2, -0.15) is 0 Å². The number of nitrogens with one attached hydrogen (secondary N) is 2. The molecule has 12 nitrogen and oxygen atoms in total. The van der Waals surface area contributed by atoms with Gasteiger partial charge in [-0.15, -0.1) is 0 Å². The molecule has 0 saturated heterocycles. The molecule has 0 aromatic heterocycles. The van der Waals surface area contributed by atoms with Gasteiger partial charge in [-0.05, 0) is 121 Å². The van der Waals surface area contributed by atoms with Gasteiger partial charge >= 0.3 is 11.9 Å². The molecule has 0 aliphatic carbocycles. The number of esters is 2. The van der Waals surface area contributed by atoms with Crippen molar-refractivity contribution in [2.45, 2.75) is 52.6 Å². The minimum atomic E-state index is -1.73. The number of likely N-dealkylation sites (N-methyl/N-ethyl adjacent to an activating group) is 4. The largest absolute Gasteiger partial charge is 0.464 e. The fourth-order valence-electron chi connectivity index (χ4n) is 3.77. The van der Waals surface area contributed by atoms with E-state index in [-0.39, 0.29) is 13.2 Å². The number of nitrogens with zero attached hydrogens (tertiary/aromatic N) is 2. The van der Waals surface area contributed by atoms with Gasteiger partial charge in [-0.25, -0.2) is 9.59 Å². The Morgan fingerprint density at radius 2 is 0.891 bits per heavy atom. The van der Waals surface area contributed by atoms with Crippen molar-refractivity contribution in [3.05, 3.63) is 66.8 Å². The molecule has 4 amide bonds. The highest BCUT2D eigenvalue weighted by molar-refractivity contribution is 14.1. The van der Waals surface area contributed by atoms with E-state index >= 15 is 0 Å². The van der Waals surface area contributed by atoms with Crippen molar-refractivity contribution < 1.29 is 38.2 Å². The molecule has 0 aliphatic heterocycles. The molecule has 2 aromatic carbocycles. The van der Waals surface area contributed by atoms with Crippen LogP contribution in [-0.2, 0) is 28.7 Å². The second kappa shape index (κ2) is 20.1. The lowest BCUT2D eigenvalue weighted by Crippen LogP contribution is -2.62. The monoisotopic (exact) mass is 866 g/mol. The van der Waals surface area contributed by atoms with Gasteiger partial charge in [-0.3, -0.25) is 19.2 Å². The van der Waals surface area contributed by atoms with Crippen LogP contribution in [0.4, 0.5) is 0 Å². The van der Waals surface area contributed by atoms with Crippen LogP contribution < -0.4 is 10.6 Å². The third-order valence-electron chi connectivity index (χ3n) is 6.82. The number of hydrogen-bond acceptors (Lipinski definition) is 8. The molecule has 2 atom stereocenters. The molecule has 0 radical (unpaired) electrons. The van der Waals surface area contributed by atoms with Crippen LogP contribution in [0.15, 0.2) is 48.5 Å². The highest BCUT2D eigenvalue weighted by Crippen LogP contribution is 2.21. The topological polar surface area (TPSA) is 151 Å². The third-order valence-corrected chi connectivity index (χ3v) is 8.26. The maximum Gasteiger partial charge on any atom is 0.341 e. The first-order valence-electron chi connectivity index (χ1n) is 14.4. The summed E-state index contributed by atoms with van der Waals surface area (Å²) < 4.78 is 11.9. The first kappa shape index (κ1) is 42.7. The number of carbonyl (C=O) groups is 6. The van der Waals surface area contributed by atoms with Crippen molar-refractivity contribution in [3.8, 4) is 0 Å². The molecular formula is C32H44I2N4O8. The van der Waals surface area contributed by atoms with Crippen molar-refractivity contribution >= 4 is 80.7 Å². The lowest BCUT2D eigenvalue weighted by molar-refractivity contribution is -0.161. The summed E-state index contributed by atoms with van der Waals surface area (Å²) in [5, 5.41) is 4.81. The summed E-state index contributed by atoms with van der Waals surface area (Å²) in [5.41, 5.74) is -2.68. The Labute approximate surface area is 298 Å². The molecule has 2 rings (SSSR count). The highest BCUT2D eigenvalue weighted by Gasteiger charge is 2.49. The average molecular weight is 867 g/mol. The molecule has 0 bridgehead atoms. The summed E-state index contributed by atoms with van der Waals surface area (Å²) in [6.07, 6.45) is 0. The summed E-state index contributed by atoms with van der Waals surface area (Å²) in [6.45, 7) is 10.3. The van der Waals surface area contributed by atoms with Gasteiger partial charge in [0.15, 0.2) is 0 Å². The van der Waals surface area contributed by atoms with E-state index in [1.165, 1.54) is 42.0 Å². The van der Waals surface area contributed by atoms with Gasteiger partial charge in [0, 0.05) is 46.5 Å². The SMILES string of the molecule is CC.CCOC(=O)C(C)(C(=O)NC)N(C)C(=O)c1ccc(I)cc1.CCOC(=O)[C@](C)(C(=O)NC)N(C)C(=O)c1ccc(I)cc1. The van der Waals surface area contributed by atoms with Crippen LogP contribution in [0.25, 0.3) is 0 Å². The molecule has 0 fully saturated rings. The summed E-state index contributed by atoms with van der Waals surface area (Å²) in [6, 6.07) is 13.7. The zero-order valence-electron chi connectivity index (χ0n) is 27.9. The molecule has 0 aliphatic rings. The number of ether oxygens (including phenoxy) is 2. The van der Waals surface area contributed by atoms with Gasteiger partial charge in [0.2, 0.25) is 11.1 Å². The molecule has 46 heavy (non-hydrogen) atoms. The minimum Gasteiger partial charge on any atom is -0.464 e. The first-order chi connectivity index (χ1) is 21.6. The normalized spacial score (nSPS) is 12.5. The van der Waals surface area contributed by atoms with Crippen LogP contribution in [0, 0.1) is 7.14 Å². The van der Waals surface area contributed by atoms with Gasteiger partial charge < -0.3 is 29.9 Å². The highest BCUT2D eigenvalue weighted by atomic mass is 127. The fourth-order valence-corrected chi connectivity index (χ4v) is 4.49. The van der Waals surface area contributed by atoms with Gasteiger partial charge in [0.25, 0.3) is 23.6 Å². The first-order valence-corrected chi connectivity index (χ1v) is 16.6. The average Bonchev–Trinajstić information content (AvgIpc) is 3.07. The molecule has 2 aromatic rings. The van der Waals surface area contributed by atoms with Crippen LogP contribution in [0.1, 0.15) is 62.3 Å². The Hall–Kier alpha value is -3.28. The number of benzene rings is 2. The molecule has 0 heterocycles. The summed E-state index contributed by atoms with van der Waals surface area (Å²) in [4.78, 5) is 76.1. The van der Waals surface area contributed by atoms with E-state index in [2.05, 4.69) is 55.8 Å². The second-order valence-electron chi connectivity index (χ2n) is 9.49. The van der Waals surface area contributed by atoms with Gasteiger partial charge in [0.05, 0.1) is 13.2 Å². The maximum atomic E-state index is 12.6. The fraction of sp³-hybridized carbons (Fsp3) is 0.438. The number of carbonyl (C=O) groups excluding carboxylic acids is 6.